The van der Waals surface area contributed by atoms with E-state index >= 15 is 0 Å². The first-order chi connectivity index (χ1) is 14.0. The minimum absolute atomic E-state index is 0.00413. The number of benzene rings is 2. The Bertz CT molecular complexity index is 1020. The highest BCUT2D eigenvalue weighted by molar-refractivity contribution is 5.76. The third kappa shape index (κ3) is 4.86. The molecule has 3 aromatic rings. The van der Waals surface area contributed by atoms with Gasteiger partial charge in [0.2, 0.25) is 5.91 Å². The smallest absolute Gasteiger partial charge is 0.419 e. The van der Waals surface area contributed by atoms with Crippen molar-refractivity contribution in [2.24, 2.45) is 0 Å². The standard InChI is InChI=1S/C22H27N3O4/c1-24(2)18(16-9-4-6-11-19(16)28-3)15-23-21(26)13-8-14-25-17-10-5-7-12-20(17)29-22(25)27/h4-7,9-12,18H,8,13-15H2,1-3H3,(H,23,26). The van der Waals surface area contributed by atoms with Crippen molar-refractivity contribution in [2.75, 3.05) is 27.7 Å². The molecule has 7 nitrogen and oxygen atoms in total. The largest absolute Gasteiger partial charge is 0.496 e. The number of aryl methyl sites for hydroxylation is 1. The van der Waals surface area contributed by atoms with Crippen molar-refractivity contribution in [1.29, 1.82) is 0 Å². The number of nitrogens with zero attached hydrogens (tertiary/aromatic N) is 2. The lowest BCUT2D eigenvalue weighted by Gasteiger charge is -2.26. The van der Waals surface area contributed by atoms with Crippen LogP contribution in [0.1, 0.15) is 24.4 Å². The Labute approximate surface area is 169 Å². The summed E-state index contributed by atoms with van der Waals surface area (Å²) in [7, 11) is 5.59. The zero-order valence-electron chi connectivity index (χ0n) is 17.1. The number of para-hydroxylation sites is 3. The molecular formula is C22H27N3O4. The fraction of sp³-hybridized carbons (Fsp3) is 0.364. The number of rotatable bonds is 9. The molecule has 0 fully saturated rings. The van der Waals surface area contributed by atoms with Gasteiger partial charge in [0.1, 0.15) is 5.75 Å². The molecule has 1 atom stereocenters. The Kier molecular flexibility index (Phi) is 6.72. The lowest BCUT2D eigenvalue weighted by Crippen LogP contribution is -2.34. The van der Waals surface area contributed by atoms with E-state index in [-0.39, 0.29) is 11.9 Å². The highest BCUT2D eigenvalue weighted by atomic mass is 16.5. The van der Waals surface area contributed by atoms with Crippen molar-refractivity contribution in [3.63, 3.8) is 0 Å². The monoisotopic (exact) mass is 397 g/mol. The molecule has 1 amide bonds. The molecule has 0 radical (unpaired) electrons. The first-order valence-electron chi connectivity index (χ1n) is 9.65. The number of ether oxygens (including phenoxy) is 1. The van der Waals surface area contributed by atoms with Gasteiger partial charge >= 0.3 is 5.76 Å². The van der Waals surface area contributed by atoms with Gasteiger partial charge in [0.05, 0.1) is 18.7 Å². The van der Waals surface area contributed by atoms with Gasteiger partial charge in [-0.3, -0.25) is 9.36 Å². The van der Waals surface area contributed by atoms with Crippen molar-refractivity contribution >= 4 is 17.0 Å². The van der Waals surface area contributed by atoms with Crippen molar-refractivity contribution < 1.29 is 13.9 Å². The quantitative estimate of drug-likeness (QED) is 0.601. The summed E-state index contributed by atoms with van der Waals surface area (Å²) in [5.74, 6) is 0.356. The van der Waals surface area contributed by atoms with Gasteiger partial charge in [0.25, 0.3) is 0 Å². The fourth-order valence-electron chi connectivity index (χ4n) is 3.43. The van der Waals surface area contributed by atoms with Gasteiger partial charge in [-0.2, -0.15) is 0 Å². The fourth-order valence-corrected chi connectivity index (χ4v) is 3.43. The summed E-state index contributed by atoms with van der Waals surface area (Å²) in [6.45, 7) is 0.910. The Hall–Kier alpha value is -3.06. The maximum Gasteiger partial charge on any atom is 0.419 e. The van der Waals surface area contributed by atoms with Crippen molar-refractivity contribution in [3.05, 3.63) is 64.6 Å². The van der Waals surface area contributed by atoms with Crippen molar-refractivity contribution in [2.45, 2.75) is 25.4 Å². The molecule has 154 valence electrons. The maximum absolute atomic E-state index is 12.4. The average molecular weight is 397 g/mol. The lowest BCUT2D eigenvalue weighted by molar-refractivity contribution is -0.121. The molecule has 0 aliphatic carbocycles. The van der Waals surface area contributed by atoms with E-state index < -0.39 is 5.76 Å². The summed E-state index contributed by atoms with van der Waals surface area (Å²) in [6.07, 6.45) is 0.884. The summed E-state index contributed by atoms with van der Waals surface area (Å²) in [6, 6.07) is 15.1. The zero-order chi connectivity index (χ0) is 20.8. The molecule has 0 aliphatic heterocycles. The van der Waals surface area contributed by atoms with E-state index in [0.717, 1.165) is 16.8 Å². The summed E-state index contributed by atoms with van der Waals surface area (Å²) in [5.41, 5.74) is 2.34. The van der Waals surface area contributed by atoms with Crippen molar-refractivity contribution in [3.8, 4) is 5.75 Å². The topological polar surface area (TPSA) is 76.7 Å². The Balaban J connectivity index is 1.56. The maximum atomic E-state index is 12.4. The van der Waals surface area contributed by atoms with Crippen LogP contribution in [-0.4, -0.2) is 43.1 Å². The molecule has 0 saturated carbocycles. The van der Waals surface area contributed by atoms with Crippen LogP contribution >= 0.6 is 0 Å². The summed E-state index contributed by atoms with van der Waals surface area (Å²) >= 11 is 0. The van der Waals surface area contributed by atoms with Gasteiger partial charge in [-0.15, -0.1) is 0 Å². The number of hydrogen-bond donors (Lipinski definition) is 1. The summed E-state index contributed by atoms with van der Waals surface area (Å²) in [4.78, 5) is 26.4. The first kappa shape index (κ1) is 20.7. The van der Waals surface area contributed by atoms with Crippen molar-refractivity contribution in [1.82, 2.24) is 14.8 Å². The van der Waals surface area contributed by atoms with E-state index in [1.807, 2.05) is 56.6 Å². The van der Waals surface area contributed by atoms with Gasteiger partial charge in [-0.25, -0.2) is 4.79 Å². The van der Waals surface area contributed by atoms with E-state index in [1.54, 1.807) is 17.7 Å². The molecule has 1 N–H and O–H groups in total. The van der Waals surface area contributed by atoms with Crippen LogP contribution in [0.15, 0.2) is 57.7 Å². The Morgan fingerprint density at radius 2 is 1.90 bits per heavy atom. The van der Waals surface area contributed by atoms with Gasteiger partial charge in [-0.1, -0.05) is 30.3 Å². The number of fused-ring (bicyclic) bond motifs is 1. The molecule has 1 aromatic heterocycles. The first-order valence-corrected chi connectivity index (χ1v) is 9.65. The number of likely N-dealkylation sites (N-methyl/N-ethyl adjacent to an activating group) is 1. The van der Waals surface area contributed by atoms with Crippen LogP contribution in [0.5, 0.6) is 5.75 Å². The number of aromatic nitrogens is 1. The van der Waals surface area contributed by atoms with E-state index in [0.29, 0.717) is 31.5 Å². The van der Waals surface area contributed by atoms with Gasteiger partial charge in [-0.05, 0) is 38.7 Å². The molecule has 29 heavy (non-hydrogen) atoms. The number of carbonyl (C=O) groups is 1. The number of hydrogen-bond acceptors (Lipinski definition) is 5. The van der Waals surface area contributed by atoms with E-state index in [4.69, 9.17) is 9.15 Å². The highest BCUT2D eigenvalue weighted by Gasteiger charge is 2.19. The second-order valence-corrected chi connectivity index (χ2v) is 7.12. The minimum Gasteiger partial charge on any atom is -0.496 e. The van der Waals surface area contributed by atoms with Crippen LogP contribution in [-0.2, 0) is 11.3 Å². The van der Waals surface area contributed by atoms with Gasteiger partial charge in [0, 0.05) is 25.1 Å². The Morgan fingerprint density at radius 1 is 1.17 bits per heavy atom. The third-order valence-corrected chi connectivity index (χ3v) is 4.97. The molecular weight excluding hydrogens is 370 g/mol. The van der Waals surface area contributed by atoms with E-state index in [2.05, 4.69) is 10.2 Å². The van der Waals surface area contributed by atoms with Gasteiger partial charge in [0.15, 0.2) is 5.58 Å². The summed E-state index contributed by atoms with van der Waals surface area (Å²) < 4.78 is 12.2. The van der Waals surface area contributed by atoms with Crippen LogP contribution in [0.3, 0.4) is 0 Å². The second kappa shape index (κ2) is 9.43. The zero-order valence-corrected chi connectivity index (χ0v) is 17.1. The Morgan fingerprint density at radius 3 is 2.66 bits per heavy atom. The van der Waals surface area contributed by atoms with Crippen LogP contribution in [0, 0.1) is 0 Å². The van der Waals surface area contributed by atoms with Crippen LogP contribution in [0.4, 0.5) is 0 Å². The molecule has 0 bridgehead atoms. The molecule has 2 aromatic carbocycles. The minimum atomic E-state index is -0.393. The molecule has 1 unspecified atom stereocenters. The second-order valence-electron chi connectivity index (χ2n) is 7.12. The lowest BCUT2D eigenvalue weighted by atomic mass is 10.0. The molecule has 3 rings (SSSR count). The molecule has 1 heterocycles. The number of nitrogens with one attached hydrogen (secondary N) is 1. The van der Waals surface area contributed by atoms with Crippen LogP contribution in [0.25, 0.3) is 11.1 Å². The normalized spacial score (nSPS) is 12.3. The summed E-state index contributed by atoms with van der Waals surface area (Å²) in [5, 5.41) is 3.00. The number of oxazole rings is 1. The number of amides is 1. The molecule has 0 aliphatic rings. The van der Waals surface area contributed by atoms with Crippen LogP contribution < -0.4 is 15.8 Å². The van der Waals surface area contributed by atoms with Crippen LogP contribution in [0.2, 0.25) is 0 Å². The molecule has 0 saturated heterocycles. The van der Waals surface area contributed by atoms with Gasteiger partial charge < -0.3 is 19.4 Å². The predicted octanol–water partition coefficient (Wildman–Crippen LogP) is 2.80. The third-order valence-electron chi connectivity index (χ3n) is 4.97. The van der Waals surface area contributed by atoms with E-state index in [1.165, 1.54) is 0 Å². The predicted molar refractivity (Wildman–Crippen MR) is 112 cm³/mol. The van der Waals surface area contributed by atoms with E-state index in [9.17, 15) is 9.59 Å². The highest BCUT2D eigenvalue weighted by Crippen LogP contribution is 2.27. The average Bonchev–Trinajstić information content (AvgIpc) is 3.03. The molecule has 7 heteroatoms. The number of carbonyl (C=O) groups excluding carboxylic acids is 1. The SMILES string of the molecule is COc1ccccc1C(CNC(=O)CCCn1c(=O)oc2ccccc21)N(C)C. The molecule has 0 spiro atoms. The number of methoxy groups -OCH3 is 1.